The van der Waals surface area contributed by atoms with Gasteiger partial charge >= 0.3 is 6.18 Å². The average molecular weight is 318 g/mol. The van der Waals surface area contributed by atoms with E-state index in [0.717, 1.165) is 12.0 Å². The zero-order valence-corrected chi connectivity index (χ0v) is 12.1. The lowest BCUT2D eigenvalue weighted by molar-refractivity contribution is -0.253. The van der Waals surface area contributed by atoms with Gasteiger partial charge in [-0.25, -0.2) is 0 Å². The van der Waals surface area contributed by atoms with Gasteiger partial charge in [0, 0.05) is 5.56 Å². The molecule has 1 aromatic rings. The van der Waals surface area contributed by atoms with Crippen LogP contribution in [0.4, 0.5) is 13.2 Å². The molecule has 5 nitrogen and oxygen atoms in total. The summed E-state index contributed by atoms with van der Waals surface area (Å²) in [4.78, 5) is 23.1. The van der Waals surface area contributed by atoms with Crippen molar-refractivity contribution in [1.82, 2.24) is 10.9 Å². The quantitative estimate of drug-likeness (QED) is 0.740. The molecule has 0 heterocycles. The molecule has 0 radical (unpaired) electrons. The first-order chi connectivity index (χ1) is 10.1. The molecule has 0 fully saturated rings. The maximum absolute atomic E-state index is 12.4. The van der Waals surface area contributed by atoms with E-state index in [1.165, 1.54) is 12.1 Å². The van der Waals surface area contributed by atoms with E-state index in [1.54, 1.807) is 12.1 Å². The Kier molecular flexibility index (Phi) is 5.54. The summed E-state index contributed by atoms with van der Waals surface area (Å²) in [5.41, 5.74) is 1.94. The maximum Gasteiger partial charge on any atom is 0.417 e. The van der Waals surface area contributed by atoms with Gasteiger partial charge in [-0.15, -0.1) is 0 Å². The number of aliphatic hydroxyl groups is 1. The standard InChI is InChI=1S/C14H17F3N2O3/c1-3-9-4-6-10(7-5-9)12(21)19-18-11(20)8-13(2,22)14(15,16)17/h4-7,22H,3,8H2,1-2H3,(H,18,20)(H,19,21)/t13-/m1/s1. The van der Waals surface area contributed by atoms with Crippen molar-refractivity contribution in [3.05, 3.63) is 35.4 Å². The minimum Gasteiger partial charge on any atom is -0.380 e. The third-order valence-corrected chi connectivity index (χ3v) is 3.06. The summed E-state index contributed by atoms with van der Waals surface area (Å²) >= 11 is 0. The first-order valence-electron chi connectivity index (χ1n) is 6.54. The lowest BCUT2D eigenvalue weighted by Gasteiger charge is -2.25. The van der Waals surface area contributed by atoms with Gasteiger partial charge in [0.05, 0.1) is 6.42 Å². The van der Waals surface area contributed by atoms with Crippen molar-refractivity contribution in [3.63, 3.8) is 0 Å². The van der Waals surface area contributed by atoms with Crippen molar-refractivity contribution in [1.29, 1.82) is 0 Å². The van der Waals surface area contributed by atoms with E-state index >= 15 is 0 Å². The minimum absolute atomic E-state index is 0.250. The maximum atomic E-state index is 12.4. The molecule has 2 amide bonds. The van der Waals surface area contributed by atoms with Crippen LogP contribution in [0.2, 0.25) is 0 Å². The van der Waals surface area contributed by atoms with Crippen LogP contribution in [0.1, 0.15) is 36.2 Å². The van der Waals surface area contributed by atoms with Gasteiger partial charge in [0.25, 0.3) is 5.91 Å². The van der Waals surface area contributed by atoms with Crippen molar-refractivity contribution in [2.24, 2.45) is 0 Å². The predicted molar refractivity (Wildman–Crippen MR) is 72.7 cm³/mol. The molecule has 1 atom stereocenters. The van der Waals surface area contributed by atoms with E-state index in [9.17, 15) is 22.8 Å². The molecule has 0 aliphatic carbocycles. The summed E-state index contributed by atoms with van der Waals surface area (Å²) < 4.78 is 37.2. The van der Waals surface area contributed by atoms with Crippen LogP contribution in [0.15, 0.2) is 24.3 Å². The molecule has 3 N–H and O–H groups in total. The summed E-state index contributed by atoms with van der Waals surface area (Å²) in [5, 5.41) is 9.16. The number of nitrogens with one attached hydrogen (secondary N) is 2. The Morgan fingerprint density at radius 2 is 1.68 bits per heavy atom. The van der Waals surface area contributed by atoms with Crippen molar-refractivity contribution in [3.8, 4) is 0 Å². The molecule has 8 heteroatoms. The molecule has 0 unspecified atom stereocenters. The highest BCUT2D eigenvalue weighted by Gasteiger charge is 2.51. The van der Waals surface area contributed by atoms with Gasteiger partial charge in [0.2, 0.25) is 5.91 Å². The highest BCUT2D eigenvalue weighted by molar-refractivity contribution is 5.95. The number of carbonyl (C=O) groups is 2. The molecule has 0 saturated heterocycles. The Labute approximate surface area is 125 Å². The van der Waals surface area contributed by atoms with Crippen LogP contribution < -0.4 is 10.9 Å². The Hall–Kier alpha value is -2.09. The van der Waals surface area contributed by atoms with Crippen molar-refractivity contribution in [2.45, 2.75) is 38.5 Å². The number of benzene rings is 1. The number of hydrazine groups is 1. The molecule has 0 aromatic heterocycles. The molecule has 0 aliphatic heterocycles. The Bertz CT molecular complexity index is 539. The predicted octanol–water partition coefficient (Wildman–Crippen LogP) is 1.71. The molecule has 0 bridgehead atoms. The topological polar surface area (TPSA) is 78.4 Å². The number of carbonyl (C=O) groups excluding carboxylic acids is 2. The van der Waals surface area contributed by atoms with Crippen LogP contribution in [-0.4, -0.2) is 28.7 Å². The first kappa shape index (κ1) is 18.0. The van der Waals surface area contributed by atoms with Crippen molar-refractivity contribution >= 4 is 11.8 Å². The molecule has 0 aliphatic rings. The number of amides is 2. The minimum atomic E-state index is -4.94. The highest BCUT2D eigenvalue weighted by Crippen LogP contribution is 2.32. The van der Waals surface area contributed by atoms with Crippen LogP contribution in [0.3, 0.4) is 0 Å². The van der Waals surface area contributed by atoms with Crippen LogP contribution >= 0.6 is 0 Å². The molecule has 0 saturated carbocycles. The molecule has 1 aromatic carbocycles. The van der Waals surface area contributed by atoms with Gasteiger partial charge in [-0.2, -0.15) is 13.2 Å². The summed E-state index contributed by atoms with van der Waals surface area (Å²) in [6, 6.07) is 6.52. The van der Waals surface area contributed by atoms with Crippen molar-refractivity contribution < 1.29 is 27.9 Å². The molecular formula is C14H17F3N2O3. The second-order valence-corrected chi connectivity index (χ2v) is 5.00. The SMILES string of the molecule is CCc1ccc(C(=O)NNC(=O)C[C@@](C)(O)C(F)(F)F)cc1. The third kappa shape index (κ3) is 4.73. The van der Waals surface area contributed by atoms with E-state index in [-0.39, 0.29) is 5.56 Å². The van der Waals surface area contributed by atoms with E-state index in [0.29, 0.717) is 6.92 Å². The summed E-state index contributed by atoms with van der Waals surface area (Å²) in [5.74, 6) is -1.82. The second kappa shape index (κ2) is 6.78. The highest BCUT2D eigenvalue weighted by atomic mass is 19.4. The van der Waals surface area contributed by atoms with E-state index in [4.69, 9.17) is 5.11 Å². The molecular weight excluding hydrogens is 301 g/mol. The van der Waals surface area contributed by atoms with Gasteiger partial charge in [0.15, 0.2) is 5.60 Å². The van der Waals surface area contributed by atoms with Crippen LogP contribution in [0, 0.1) is 0 Å². The van der Waals surface area contributed by atoms with Crippen molar-refractivity contribution in [2.75, 3.05) is 0 Å². The van der Waals surface area contributed by atoms with Crippen LogP contribution in [0.5, 0.6) is 0 Å². The van der Waals surface area contributed by atoms with Gasteiger partial charge in [-0.3, -0.25) is 20.4 Å². The zero-order chi connectivity index (χ0) is 17.0. The van der Waals surface area contributed by atoms with Gasteiger partial charge in [-0.1, -0.05) is 19.1 Å². The number of hydrogen-bond acceptors (Lipinski definition) is 3. The fourth-order valence-electron chi connectivity index (χ4n) is 1.55. The van der Waals surface area contributed by atoms with E-state index < -0.39 is 30.0 Å². The second-order valence-electron chi connectivity index (χ2n) is 5.00. The molecule has 1 rings (SSSR count). The number of halogens is 3. The smallest absolute Gasteiger partial charge is 0.380 e. The fraction of sp³-hybridized carbons (Fsp3) is 0.429. The van der Waals surface area contributed by atoms with E-state index in [1.807, 2.05) is 17.8 Å². The third-order valence-electron chi connectivity index (χ3n) is 3.06. The summed E-state index contributed by atoms with van der Waals surface area (Å²) in [7, 11) is 0. The largest absolute Gasteiger partial charge is 0.417 e. The molecule has 122 valence electrons. The Morgan fingerprint density at radius 3 is 2.14 bits per heavy atom. The zero-order valence-electron chi connectivity index (χ0n) is 12.1. The average Bonchev–Trinajstić information content (AvgIpc) is 2.43. The summed E-state index contributed by atoms with van der Waals surface area (Å²) in [6.07, 6.45) is -5.36. The monoisotopic (exact) mass is 318 g/mol. The number of alkyl halides is 3. The number of rotatable bonds is 4. The first-order valence-corrected chi connectivity index (χ1v) is 6.54. The number of hydrogen-bond donors (Lipinski definition) is 3. The number of aryl methyl sites for hydroxylation is 1. The van der Waals surface area contributed by atoms with Gasteiger partial charge < -0.3 is 5.11 Å². The van der Waals surface area contributed by atoms with Gasteiger partial charge in [-0.05, 0) is 31.0 Å². The lowest BCUT2D eigenvalue weighted by Crippen LogP contribution is -2.49. The Morgan fingerprint density at radius 1 is 1.14 bits per heavy atom. The summed E-state index contributed by atoms with van der Waals surface area (Å²) in [6.45, 7) is 2.43. The van der Waals surface area contributed by atoms with Crippen LogP contribution in [-0.2, 0) is 11.2 Å². The normalized spacial score (nSPS) is 14.1. The lowest BCUT2D eigenvalue weighted by atomic mass is 10.0. The van der Waals surface area contributed by atoms with E-state index in [2.05, 4.69) is 0 Å². The Balaban J connectivity index is 2.55. The molecule has 22 heavy (non-hydrogen) atoms. The van der Waals surface area contributed by atoms with Crippen LogP contribution in [0.25, 0.3) is 0 Å². The fourth-order valence-corrected chi connectivity index (χ4v) is 1.55. The molecule has 0 spiro atoms. The van der Waals surface area contributed by atoms with Gasteiger partial charge in [0.1, 0.15) is 0 Å².